The van der Waals surface area contributed by atoms with Crippen LogP contribution in [0.15, 0.2) is 70.8 Å². The summed E-state index contributed by atoms with van der Waals surface area (Å²) in [7, 11) is 1.68. The first-order valence-corrected chi connectivity index (χ1v) is 12.8. The van der Waals surface area contributed by atoms with Gasteiger partial charge in [-0.1, -0.05) is 49.7 Å². The molecular formula is C29H34ClN5O3. The van der Waals surface area contributed by atoms with Crippen LogP contribution in [0.4, 0.5) is 11.5 Å². The van der Waals surface area contributed by atoms with Crippen LogP contribution in [0, 0.1) is 0 Å². The molecule has 0 radical (unpaired) electrons. The highest BCUT2D eigenvalue weighted by Gasteiger charge is 2.28. The minimum atomic E-state index is -0.122. The number of aliphatic imine (C=N–C) groups is 1. The summed E-state index contributed by atoms with van der Waals surface area (Å²) < 4.78 is 5.60. The lowest BCUT2D eigenvalue weighted by Crippen LogP contribution is -2.45. The molecule has 0 aliphatic rings. The van der Waals surface area contributed by atoms with Crippen molar-refractivity contribution in [3.05, 3.63) is 77.5 Å². The second-order valence-electron chi connectivity index (χ2n) is 9.05. The molecule has 3 rings (SSSR count). The molecule has 0 saturated carbocycles. The zero-order valence-corrected chi connectivity index (χ0v) is 23.0. The van der Waals surface area contributed by atoms with Crippen molar-refractivity contribution in [3.63, 3.8) is 0 Å². The van der Waals surface area contributed by atoms with Gasteiger partial charge in [0.1, 0.15) is 11.5 Å². The molecule has 1 unspecified atom stereocenters. The normalized spacial score (nSPS) is 12.2. The number of para-hydroxylation sites is 1. The summed E-state index contributed by atoms with van der Waals surface area (Å²) in [5.41, 5.74) is 2.68. The number of aromatic nitrogens is 1. The van der Waals surface area contributed by atoms with Gasteiger partial charge in [0.15, 0.2) is 11.6 Å². The Kier molecular flexibility index (Phi) is 10.2. The predicted molar refractivity (Wildman–Crippen MR) is 153 cm³/mol. The second kappa shape index (κ2) is 13.6. The standard InChI is InChI=1S/C29H34ClN5O3/c1-6-7-14-34(21(4)17-32-18-36)28(31-5)23-16-24(30)27(26-13-10-15-38-26)33-29(23)35(19-37)25-12-9-8-11-22(25)20(2)3/h6,8-13,15-16,18-21H,1,7,14,17H2,2-5H3,(H,32,36)/b31-28+. The van der Waals surface area contributed by atoms with Crippen molar-refractivity contribution < 1.29 is 14.0 Å². The van der Waals surface area contributed by atoms with Crippen LogP contribution in [0.1, 0.15) is 44.2 Å². The molecule has 1 N–H and O–H groups in total. The van der Waals surface area contributed by atoms with E-state index < -0.39 is 0 Å². The summed E-state index contributed by atoms with van der Waals surface area (Å²) >= 11 is 6.76. The predicted octanol–water partition coefficient (Wildman–Crippen LogP) is 5.80. The molecule has 0 fully saturated rings. The van der Waals surface area contributed by atoms with Crippen LogP contribution < -0.4 is 10.2 Å². The molecule has 0 spiro atoms. The number of benzene rings is 1. The number of rotatable bonds is 13. The SMILES string of the molecule is C=CCCN(/C(=N/C)c1cc(Cl)c(-c2ccco2)nc1N(C=O)c1ccccc1C(C)C)C(C)CNC=O. The number of hydrogen-bond donors (Lipinski definition) is 1. The molecule has 38 heavy (non-hydrogen) atoms. The van der Waals surface area contributed by atoms with E-state index in [0.29, 0.717) is 65.3 Å². The molecule has 8 nitrogen and oxygen atoms in total. The van der Waals surface area contributed by atoms with E-state index in [4.69, 9.17) is 21.0 Å². The average Bonchev–Trinajstić information content (AvgIpc) is 3.45. The molecule has 1 aromatic carbocycles. The van der Waals surface area contributed by atoms with Crippen LogP contribution in [0.5, 0.6) is 0 Å². The molecule has 9 heteroatoms. The number of nitrogens with zero attached hydrogens (tertiary/aromatic N) is 4. The summed E-state index contributed by atoms with van der Waals surface area (Å²) in [6, 6.07) is 12.9. The first kappa shape index (κ1) is 28.7. The van der Waals surface area contributed by atoms with E-state index in [1.807, 2.05) is 37.3 Å². The third-order valence-corrected chi connectivity index (χ3v) is 6.48. The average molecular weight is 536 g/mol. The molecule has 3 aromatic rings. The number of nitrogens with one attached hydrogen (secondary N) is 1. The highest BCUT2D eigenvalue weighted by atomic mass is 35.5. The Morgan fingerprint density at radius 1 is 1.21 bits per heavy atom. The number of carbonyl (C=O) groups excluding carboxylic acids is 2. The zero-order chi connectivity index (χ0) is 27.7. The summed E-state index contributed by atoms with van der Waals surface area (Å²) in [5.74, 6) is 1.58. The molecule has 0 aliphatic heterocycles. The lowest BCUT2D eigenvalue weighted by molar-refractivity contribution is -0.109. The maximum absolute atomic E-state index is 12.8. The van der Waals surface area contributed by atoms with Crippen molar-refractivity contribution in [2.75, 3.05) is 25.0 Å². The third kappa shape index (κ3) is 6.31. The number of halogens is 1. The molecule has 0 saturated heterocycles. The van der Waals surface area contributed by atoms with Gasteiger partial charge in [-0.25, -0.2) is 4.98 Å². The number of hydrogen-bond acceptors (Lipinski definition) is 5. The van der Waals surface area contributed by atoms with Gasteiger partial charge in [-0.15, -0.1) is 6.58 Å². The zero-order valence-electron chi connectivity index (χ0n) is 22.2. The summed E-state index contributed by atoms with van der Waals surface area (Å²) in [6.45, 7) is 11.0. The van der Waals surface area contributed by atoms with Crippen LogP contribution in [0.3, 0.4) is 0 Å². The Morgan fingerprint density at radius 3 is 2.58 bits per heavy atom. The van der Waals surface area contributed by atoms with Crippen LogP contribution >= 0.6 is 11.6 Å². The van der Waals surface area contributed by atoms with Gasteiger partial charge in [-0.2, -0.15) is 0 Å². The van der Waals surface area contributed by atoms with Crippen LogP contribution in [0.25, 0.3) is 11.5 Å². The van der Waals surface area contributed by atoms with Gasteiger partial charge >= 0.3 is 0 Å². The first-order valence-electron chi connectivity index (χ1n) is 12.5. The summed E-state index contributed by atoms with van der Waals surface area (Å²) in [4.78, 5) is 36.9. The Morgan fingerprint density at radius 2 is 1.97 bits per heavy atom. The fourth-order valence-corrected chi connectivity index (χ4v) is 4.57. The lowest BCUT2D eigenvalue weighted by Gasteiger charge is -2.33. The molecule has 200 valence electrons. The number of anilines is 2. The van der Waals surface area contributed by atoms with Crippen molar-refractivity contribution in [2.45, 2.75) is 39.2 Å². The Hall–Kier alpha value is -3.91. The van der Waals surface area contributed by atoms with Crippen molar-refractivity contribution in [1.29, 1.82) is 0 Å². The number of carbonyl (C=O) groups is 2. The Bertz CT molecular complexity index is 1270. The van der Waals surface area contributed by atoms with E-state index in [2.05, 4.69) is 35.6 Å². The highest BCUT2D eigenvalue weighted by Crippen LogP contribution is 2.37. The molecule has 2 amide bonds. The van der Waals surface area contributed by atoms with Crippen molar-refractivity contribution in [3.8, 4) is 11.5 Å². The maximum atomic E-state index is 12.8. The summed E-state index contributed by atoms with van der Waals surface area (Å²) in [6.07, 6.45) is 5.47. The van der Waals surface area contributed by atoms with Gasteiger partial charge in [0, 0.05) is 26.2 Å². The van der Waals surface area contributed by atoms with Gasteiger partial charge in [0.25, 0.3) is 0 Å². The van der Waals surface area contributed by atoms with E-state index in [0.717, 1.165) is 12.0 Å². The molecule has 1 atom stereocenters. The second-order valence-corrected chi connectivity index (χ2v) is 9.46. The van der Waals surface area contributed by atoms with E-state index in [9.17, 15) is 9.59 Å². The molecular weight excluding hydrogens is 502 g/mol. The minimum absolute atomic E-state index is 0.122. The number of pyridine rings is 1. The van der Waals surface area contributed by atoms with Gasteiger partial charge in [0.2, 0.25) is 12.8 Å². The molecule has 2 aromatic heterocycles. The quantitative estimate of drug-likeness (QED) is 0.129. The third-order valence-electron chi connectivity index (χ3n) is 6.19. The fourth-order valence-electron chi connectivity index (χ4n) is 4.33. The number of amides is 2. The number of furan rings is 1. The lowest BCUT2D eigenvalue weighted by atomic mass is 10.00. The maximum Gasteiger partial charge on any atom is 0.219 e. The van der Waals surface area contributed by atoms with Gasteiger partial charge in [0.05, 0.1) is 22.5 Å². The van der Waals surface area contributed by atoms with Crippen LogP contribution in [-0.2, 0) is 9.59 Å². The van der Waals surface area contributed by atoms with Gasteiger partial charge in [-0.3, -0.25) is 19.5 Å². The van der Waals surface area contributed by atoms with Crippen LogP contribution in [0.2, 0.25) is 5.02 Å². The monoisotopic (exact) mass is 535 g/mol. The Balaban J connectivity index is 2.29. The van der Waals surface area contributed by atoms with E-state index in [1.165, 1.54) is 4.90 Å². The van der Waals surface area contributed by atoms with Gasteiger partial charge < -0.3 is 14.6 Å². The van der Waals surface area contributed by atoms with Crippen molar-refractivity contribution >= 4 is 41.8 Å². The largest absolute Gasteiger partial charge is 0.463 e. The Labute approximate surface area is 229 Å². The van der Waals surface area contributed by atoms with Crippen LogP contribution in [-0.4, -0.2) is 54.7 Å². The van der Waals surface area contributed by atoms with Crippen molar-refractivity contribution in [2.24, 2.45) is 4.99 Å². The van der Waals surface area contributed by atoms with Crippen molar-refractivity contribution in [1.82, 2.24) is 15.2 Å². The summed E-state index contributed by atoms with van der Waals surface area (Å²) in [5, 5.41) is 3.10. The molecule has 0 bridgehead atoms. The minimum Gasteiger partial charge on any atom is -0.463 e. The van der Waals surface area contributed by atoms with E-state index in [-0.39, 0.29) is 12.0 Å². The smallest absolute Gasteiger partial charge is 0.219 e. The van der Waals surface area contributed by atoms with E-state index in [1.54, 1.807) is 31.5 Å². The van der Waals surface area contributed by atoms with Gasteiger partial charge in [-0.05, 0) is 49.1 Å². The topological polar surface area (TPSA) is 91.0 Å². The highest BCUT2D eigenvalue weighted by molar-refractivity contribution is 6.33. The molecule has 0 aliphatic carbocycles. The fraction of sp³-hybridized carbons (Fsp3) is 0.310. The number of amidine groups is 1. The molecule has 2 heterocycles. The van der Waals surface area contributed by atoms with E-state index >= 15 is 0 Å². The first-order chi connectivity index (χ1) is 18.4.